The van der Waals surface area contributed by atoms with Crippen molar-refractivity contribution in [2.75, 3.05) is 23.3 Å². The second kappa shape index (κ2) is 5.63. The summed E-state index contributed by atoms with van der Waals surface area (Å²) in [4.78, 5) is 7.07. The maximum Gasteiger partial charge on any atom is 0.128 e. The van der Waals surface area contributed by atoms with Crippen LogP contribution in [0.3, 0.4) is 0 Å². The number of nitrogens with zero attached hydrogens (tertiary/aromatic N) is 2. The summed E-state index contributed by atoms with van der Waals surface area (Å²) in [5.74, 6) is 1.14. The van der Waals surface area contributed by atoms with E-state index in [0.717, 1.165) is 18.9 Å². The summed E-state index contributed by atoms with van der Waals surface area (Å²) in [5, 5.41) is 3.68. The second-order valence-corrected chi connectivity index (χ2v) is 7.03. The molecule has 1 saturated heterocycles. The molecule has 0 amide bonds. The Bertz CT molecular complexity index is 432. The van der Waals surface area contributed by atoms with Gasteiger partial charge in [0.05, 0.1) is 11.9 Å². The predicted molar refractivity (Wildman–Crippen MR) is 85.3 cm³/mol. The van der Waals surface area contributed by atoms with Crippen LogP contribution in [0.2, 0.25) is 0 Å². The van der Waals surface area contributed by atoms with E-state index in [1.54, 1.807) is 0 Å². The minimum Gasteiger partial charge on any atom is -0.381 e. The molecule has 3 heteroatoms. The number of aromatic nitrogens is 1. The molecule has 1 aliphatic heterocycles. The summed E-state index contributed by atoms with van der Waals surface area (Å²) in [6.07, 6.45) is 9.93. The summed E-state index contributed by atoms with van der Waals surface area (Å²) in [6, 6.07) is 4.96. The number of nitrogens with one attached hydrogen (secondary N) is 1. The molecule has 2 fully saturated rings. The maximum absolute atomic E-state index is 4.66. The van der Waals surface area contributed by atoms with Crippen LogP contribution in [0.1, 0.15) is 52.4 Å². The van der Waals surface area contributed by atoms with Crippen LogP contribution < -0.4 is 10.2 Å². The van der Waals surface area contributed by atoms with E-state index in [2.05, 4.69) is 41.2 Å². The van der Waals surface area contributed by atoms with E-state index < -0.39 is 0 Å². The van der Waals surface area contributed by atoms with Gasteiger partial charge in [-0.25, -0.2) is 4.98 Å². The third-order valence-electron chi connectivity index (χ3n) is 5.03. The van der Waals surface area contributed by atoms with E-state index in [-0.39, 0.29) is 0 Å². The molecule has 1 unspecified atom stereocenters. The van der Waals surface area contributed by atoms with Crippen molar-refractivity contribution in [3.8, 4) is 0 Å². The Kier molecular flexibility index (Phi) is 3.86. The predicted octanol–water partition coefficient (Wildman–Crippen LogP) is 4.06. The van der Waals surface area contributed by atoms with Crippen molar-refractivity contribution >= 4 is 11.5 Å². The van der Waals surface area contributed by atoms with Gasteiger partial charge in [-0.2, -0.15) is 0 Å². The van der Waals surface area contributed by atoms with Gasteiger partial charge in [-0.1, -0.05) is 20.3 Å². The number of rotatable bonds is 3. The lowest BCUT2D eigenvalue weighted by molar-refractivity contribution is 0.350. The van der Waals surface area contributed by atoms with E-state index in [4.69, 9.17) is 0 Å². The Labute approximate surface area is 122 Å². The Morgan fingerprint density at radius 2 is 1.95 bits per heavy atom. The van der Waals surface area contributed by atoms with Crippen LogP contribution in [-0.2, 0) is 0 Å². The minimum absolute atomic E-state index is 0.408. The van der Waals surface area contributed by atoms with Crippen LogP contribution >= 0.6 is 0 Å². The highest BCUT2D eigenvalue weighted by Gasteiger charge is 2.34. The lowest BCUT2D eigenvalue weighted by atomic mass is 9.87. The molecule has 2 heterocycles. The van der Waals surface area contributed by atoms with Crippen molar-refractivity contribution in [1.82, 2.24) is 4.98 Å². The van der Waals surface area contributed by atoms with Crippen molar-refractivity contribution in [1.29, 1.82) is 0 Å². The second-order valence-electron chi connectivity index (χ2n) is 7.03. The highest BCUT2D eigenvalue weighted by atomic mass is 15.2. The van der Waals surface area contributed by atoms with Crippen molar-refractivity contribution < 1.29 is 0 Å². The number of hydrogen-bond donors (Lipinski definition) is 1. The summed E-state index contributed by atoms with van der Waals surface area (Å²) in [5.41, 5.74) is 1.58. The molecule has 1 saturated carbocycles. The van der Waals surface area contributed by atoms with Gasteiger partial charge in [0.1, 0.15) is 5.82 Å². The van der Waals surface area contributed by atoms with Gasteiger partial charge in [0, 0.05) is 19.1 Å². The summed E-state index contributed by atoms with van der Waals surface area (Å²) in [7, 11) is 0. The van der Waals surface area contributed by atoms with Crippen LogP contribution in [0.15, 0.2) is 18.3 Å². The SMILES string of the molecule is CC1(C)CCCC1Nc1ccc(N2CCCCC2)nc1. The number of anilines is 2. The molecule has 110 valence electrons. The zero-order valence-electron chi connectivity index (χ0n) is 12.9. The van der Waals surface area contributed by atoms with Gasteiger partial charge in [0.25, 0.3) is 0 Å². The fraction of sp³-hybridized carbons (Fsp3) is 0.706. The fourth-order valence-electron chi connectivity index (χ4n) is 3.58. The van der Waals surface area contributed by atoms with Crippen LogP contribution in [0.5, 0.6) is 0 Å². The van der Waals surface area contributed by atoms with Gasteiger partial charge >= 0.3 is 0 Å². The van der Waals surface area contributed by atoms with E-state index in [1.165, 1.54) is 44.2 Å². The van der Waals surface area contributed by atoms with E-state index in [0.29, 0.717) is 11.5 Å². The maximum atomic E-state index is 4.66. The third-order valence-corrected chi connectivity index (χ3v) is 5.03. The average Bonchev–Trinajstić information content (AvgIpc) is 2.80. The molecule has 1 aromatic heterocycles. The van der Waals surface area contributed by atoms with Crippen molar-refractivity contribution in [3.63, 3.8) is 0 Å². The topological polar surface area (TPSA) is 28.2 Å². The number of piperidine rings is 1. The molecule has 0 radical (unpaired) electrons. The van der Waals surface area contributed by atoms with Gasteiger partial charge in [-0.15, -0.1) is 0 Å². The van der Waals surface area contributed by atoms with Crippen molar-refractivity contribution in [2.45, 2.75) is 58.4 Å². The lowest BCUT2D eigenvalue weighted by Crippen LogP contribution is -2.31. The van der Waals surface area contributed by atoms with Crippen LogP contribution in [-0.4, -0.2) is 24.1 Å². The summed E-state index contributed by atoms with van der Waals surface area (Å²) in [6.45, 7) is 7.06. The highest BCUT2D eigenvalue weighted by molar-refractivity contribution is 5.49. The fourth-order valence-corrected chi connectivity index (χ4v) is 3.58. The van der Waals surface area contributed by atoms with Crippen molar-refractivity contribution in [3.05, 3.63) is 18.3 Å². The Hall–Kier alpha value is -1.25. The molecule has 0 aromatic carbocycles. The summed E-state index contributed by atoms with van der Waals surface area (Å²) < 4.78 is 0. The Balaban J connectivity index is 1.64. The molecule has 1 aliphatic carbocycles. The Morgan fingerprint density at radius 1 is 1.15 bits per heavy atom. The highest BCUT2D eigenvalue weighted by Crippen LogP contribution is 2.39. The lowest BCUT2D eigenvalue weighted by Gasteiger charge is -2.30. The van der Waals surface area contributed by atoms with Gasteiger partial charge in [0.2, 0.25) is 0 Å². The van der Waals surface area contributed by atoms with Crippen LogP contribution in [0.25, 0.3) is 0 Å². The standard InChI is InChI=1S/C17H27N3/c1-17(2)10-6-7-15(17)19-14-8-9-16(18-13-14)20-11-4-3-5-12-20/h8-9,13,15,19H,3-7,10-12H2,1-2H3. The minimum atomic E-state index is 0.408. The zero-order valence-corrected chi connectivity index (χ0v) is 12.9. The molecule has 1 aromatic rings. The van der Waals surface area contributed by atoms with Gasteiger partial charge in [-0.05, 0) is 49.7 Å². The molecule has 3 nitrogen and oxygen atoms in total. The van der Waals surface area contributed by atoms with E-state index in [9.17, 15) is 0 Å². The molecular weight excluding hydrogens is 246 g/mol. The smallest absolute Gasteiger partial charge is 0.128 e. The molecular formula is C17H27N3. The van der Waals surface area contributed by atoms with E-state index in [1.807, 2.05) is 6.20 Å². The molecule has 2 aliphatic rings. The normalized spacial score (nSPS) is 25.7. The van der Waals surface area contributed by atoms with Crippen molar-refractivity contribution in [2.24, 2.45) is 5.41 Å². The zero-order chi connectivity index (χ0) is 14.0. The molecule has 0 bridgehead atoms. The summed E-state index contributed by atoms with van der Waals surface area (Å²) >= 11 is 0. The average molecular weight is 273 g/mol. The number of pyridine rings is 1. The van der Waals surface area contributed by atoms with Gasteiger partial charge in [0.15, 0.2) is 0 Å². The monoisotopic (exact) mass is 273 g/mol. The molecule has 0 spiro atoms. The first-order chi connectivity index (χ1) is 9.65. The first-order valence-electron chi connectivity index (χ1n) is 8.13. The quantitative estimate of drug-likeness (QED) is 0.900. The van der Waals surface area contributed by atoms with Gasteiger partial charge < -0.3 is 10.2 Å². The first kappa shape index (κ1) is 13.7. The number of hydrogen-bond acceptors (Lipinski definition) is 3. The Morgan fingerprint density at radius 3 is 2.55 bits per heavy atom. The van der Waals surface area contributed by atoms with Gasteiger partial charge in [-0.3, -0.25) is 0 Å². The van der Waals surface area contributed by atoms with E-state index >= 15 is 0 Å². The van der Waals surface area contributed by atoms with Crippen LogP contribution in [0.4, 0.5) is 11.5 Å². The molecule has 1 N–H and O–H groups in total. The largest absolute Gasteiger partial charge is 0.381 e. The molecule has 1 atom stereocenters. The first-order valence-corrected chi connectivity index (χ1v) is 8.13. The molecule has 20 heavy (non-hydrogen) atoms. The third kappa shape index (κ3) is 2.92. The van der Waals surface area contributed by atoms with Crippen LogP contribution in [0, 0.1) is 5.41 Å². The molecule has 3 rings (SSSR count).